The molecule has 0 saturated heterocycles. The normalized spacial score (nSPS) is 10.2. The van der Waals surface area contributed by atoms with Crippen LogP contribution in [-0.2, 0) is 0 Å². The summed E-state index contributed by atoms with van der Waals surface area (Å²) in [5.41, 5.74) is 1.14. The fraction of sp³-hybridized carbons (Fsp3) is 0.500. The van der Waals surface area contributed by atoms with Crippen LogP contribution in [0.1, 0.15) is 22.6 Å². The molecule has 0 aromatic carbocycles. The lowest BCUT2D eigenvalue weighted by Gasteiger charge is -2.05. The number of nitrogens with one attached hydrogen (secondary N) is 1. The average molecular weight is 241 g/mol. The van der Waals surface area contributed by atoms with Crippen LogP contribution in [0.5, 0.6) is 0 Å². The number of hydrogen-bond donors (Lipinski definition) is 2. The SMILES string of the molecule is CSc1nc(C)cc(C(=O)NCCCO)n1. The predicted molar refractivity (Wildman–Crippen MR) is 62.6 cm³/mol. The van der Waals surface area contributed by atoms with E-state index in [1.165, 1.54) is 11.8 Å². The second kappa shape index (κ2) is 6.44. The average Bonchev–Trinajstić information content (AvgIpc) is 2.28. The highest BCUT2D eigenvalue weighted by Crippen LogP contribution is 2.10. The van der Waals surface area contributed by atoms with Crippen LogP contribution < -0.4 is 5.32 Å². The Morgan fingerprint density at radius 2 is 2.31 bits per heavy atom. The first-order valence-electron chi connectivity index (χ1n) is 4.96. The van der Waals surface area contributed by atoms with Gasteiger partial charge < -0.3 is 10.4 Å². The van der Waals surface area contributed by atoms with Crippen molar-refractivity contribution in [2.75, 3.05) is 19.4 Å². The summed E-state index contributed by atoms with van der Waals surface area (Å²) in [5.74, 6) is -0.228. The smallest absolute Gasteiger partial charge is 0.270 e. The van der Waals surface area contributed by atoms with E-state index in [4.69, 9.17) is 5.11 Å². The zero-order chi connectivity index (χ0) is 12.0. The topological polar surface area (TPSA) is 75.1 Å². The van der Waals surface area contributed by atoms with E-state index >= 15 is 0 Å². The second-order valence-electron chi connectivity index (χ2n) is 3.21. The Bertz CT molecular complexity index is 371. The molecule has 2 N–H and O–H groups in total. The van der Waals surface area contributed by atoms with Crippen molar-refractivity contribution >= 4 is 17.7 Å². The second-order valence-corrected chi connectivity index (χ2v) is 3.99. The number of rotatable bonds is 5. The zero-order valence-electron chi connectivity index (χ0n) is 9.36. The molecule has 1 aromatic rings. The standard InChI is InChI=1S/C10H15N3O2S/c1-7-6-8(13-10(12-7)16-2)9(15)11-4-3-5-14/h6,14H,3-5H2,1-2H3,(H,11,15). The van der Waals surface area contributed by atoms with Gasteiger partial charge in [-0.05, 0) is 25.7 Å². The molecule has 0 spiro atoms. The molecule has 0 saturated carbocycles. The highest BCUT2D eigenvalue weighted by Gasteiger charge is 2.09. The van der Waals surface area contributed by atoms with Crippen LogP contribution in [0.25, 0.3) is 0 Å². The van der Waals surface area contributed by atoms with Gasteiger partial charge in [0, 0.05) is 18.8 Å². The maximum absolute atomic E-state index is 11.6. The molecule has 0 aliphatic heterocycles. The Balaban J connectivity index is 2.71. The number of amides is 1. The monoisotopic (exact) mass is 241 g/mol. The molecule has 1 rings (SSSR count). The minimum absolute atomic E-state index is 0.0686. The molecule has 6 heteroatoms. The first-order valence-corrected chi connectivity index (χ1v) is 6.18. The number of carbonyl (C=O) groups is 1. The van der Waals surface area contributed by atoms with Crippen molar-refractivity contribution in [2.24, 2.45) is 0 Å². The third-order valence-corrected chi connectivity index (χ3v) is 2.42. The van der Waals surface area contributed by atoms with Gasteiger partial charge >= 0.3 is 0 Å². The van der Waals surface area contributed by atoms with Gasteiger partial charge in [-0.25, -0.2) is 9.97 Å². The number of hydrogen-bond acceptors (Lipinski definition) is 5. The van der Waals surface area contributed by atoms with Gasteiger partial charge in [0.2, 0.25) is 0 Å². The third-order valence-electron chi connectivity index (χ3n) is 1.87. The highest BCUT2D eigenvalue weighted by atomic mass is 32.2. The minimum atomic E-state index is -0.228. The summed E-state index contributed by atoms with van der Waals surface area (Å²) in [6, 6.07) is 1.65. The summed E-state index contributed by atoms with van der Waals surface area (Å²) >= 11 is 1.40. The summed E-state index contributed by atoms with van der Waals surface area (Å²) < 4.78 is 0. The number of aliphatic hydroxyl groups excluding tert-OH is 1. The lowest BCUT2D eigenvalue weighted by molar-refractivity contribution is 0.0945. The van der Waals surface area contributed by atoms with Gasteiger partial charge in [0.25, 0.3) is 5.91 Å². The summed E-state index contributed by atoms with van der Waals surface area (Å²) in [6.07, 6.45) is 2.41. The predicted octanol–water partition coefficient (Wildman–Crippen LogP) is 0.619. The van der Waals surface area contributed by atoms with Crippen LogP contribution in [0.4, 0.5) is 0 Å². The van der Waals surface area contributed by atoms with Crippen molar-refractivity contribution in [1.82, 2.24) is 15.3 Å². The van der Waals surface area contributed by atoms with E-state index in [0.717, 1.165) is 5.69 Å². The number of aryl methyl sites for hydroxylation is 1. The molecule has 5 nitrogen and oxygen atoms in total. The van der Waals surface area contributed by atoms with Gasteiger partial charge in [0.1, 0.15) is 5.69 Å². The van der Waals surface area contributed by atoms with Gasteiger partial charge in [0.15, 0.2) is 5.16 Å². The number of aromatic nitrogens is 2. The number of aliphatic hydroxyl groups is 1. The van der Waals surface area contributed by atoms with Crippen molar-refractivity contribution < 1.29 is 9.90 Å². The fourth-order valence-corrected chi connectivity index (χ4v) is 1.55. The molecule has 0 aliphatic rings. The molecule has 0 atom stereocenters. The highest BCUT2D eigenvalue weighted by molar-refractivity contribution is 7.98. The summed E-state index contributed by atoms with van der Waals surface area (Å²) in [6.45, 7) is 2.35. The molecular weight excluding hydrogens is 226 g/mol. The molecule has 1 heterocycles. The number of carbonyl (C=O) groups excluding carboxylic acids is 1. The Kier molecular flexibility index (Phi) is 5.21. The molecule has 0 bridgehead atoms. The van der Waals surface area contributed by atoms with Crippen LogP contribution in [0.3, 0.4) is 0 Å². The molecule has 16 heavy (non-hydrogen) atoms. The van der Waals surface area contributed by atoms with Crippen molar-refractivity contribution in [2.45, 2.75) is 18.5 Å². The molecule has 88 valence electrons. The maximum atomic E-state index is 11.6. The van der Waals surface area contributed by atoms with Gasteiger partial charge in [0.05, 0.1) is 0 Å². The van der Waals surface area contributed by atoms with Gasteiger partial charge in [-0.1, -0.05) is 11.8 Å². The first-order chi connectivity index (χ1) is 7.67. The van der Waals surface area contributed by atoms with Crippen LogP contribution in [0.15, 0.2) is 11.2 Å². The Labute approximate surface area is 98.7 Å². The van der Waals surface area contributed by atoms with Crippen LogP contribution >= 0.6 is 11.8 Å². The fourth-order valence-electron chi connectivity index (χ4n) is 1.12. The summed E-state index contributed by atoms with van der Waals surface area (Å²) in [5, 5.41) is 11.9. The summed E-state index contributed by atoms with van der Waals surface area (Å²) in [4.78, 5) is 19.9. The van der Waals surface area contributed by atoms with E-state index in [1.807, 2.05) is 13.2 Å². The Hall–Kier alpha value is -1.14. The van der Waals surface area contributed by atoms with E-state index in [9.17, 15) is 4.79 Å². The minimum Gasteiger partial charge on any atom is -0.396 e. The first kappa shape index (κ1) is 12.9. The van der Waals surface area contributed by atoms with Crippen molar-refractivity contribution in [3.8, 4) is 0 Å². The van der Waals surface area contributed by atoms with E-state index in [2.05, 4.69) is 15.3 Å². The van der Waals surface area contributed by atoms with Gasteiger partial charge in [-0.15, -0.1) is 0 Å². The molecule has 0 aliphatic carbocycles. The van der Waals surface area contributed by atoms with Crippen LogP contribution in [0, 0.1) is 6.92 Å². The largest absolute Gasteiger partial charge is 0.396 e. The van der Waals surface area contributed by atoms with E-state index in [1.54, 1.807) is 6.07 Å². The zero-order valence-corrected chi connectivity index (χ0v) is 10.2. The third kappa shape index (κ3) is 3.79. The molecule has 0 fully saturated rings. The van der Waals surface area contributed by atoms with Crippen molar-refractivity contribution in [1.29, 1.82) is 0 Å². The molecule has 1 amide bonds. The number of thioether (sulfide) groups is 1. The van der Waals surface area contributed by atoms with E-state index in [0.29, 0.717) is 23.8 Å². The Morgan fingerprint density at radius 1 is 1.56 bits per heavy atom. The van der Waals surface area contributed by atoms with Gasteiger partial charge in [-0.2, -0.15) is 0 Å². The number of nitrogens with zero attached hydrogens (tertiary/aromatic N) is 2. The van der Waals surface area contributed by atoms with E-state index in [-0.39, 0.29) is 12.5 Å². The quantitative estimate of drug-likeness (QED) is 0.449. The van der Waals surface area contributed by atoms with Gasteiger partial charge in [-0.3, -0.25) is 4.79 Å². The lowest BCUT2D eigenvalue weighted by Crippen LogP contribution is -2.26. The van der Waals surface area contributed by atoms with E-state index < -0.39 is 0 Å². The lowest BCUT2D eigenvalue weighted by atomic mass is 10.3. The van der Waals surface area contributed by atoms with Crippen molar-refractivity contribution in [3.63, 3.8) is 0 Å². The maximum Gasteiger partial charge on any atom is 0.270 e. The molecular formula is C10H15N3O2S. The van der Waals surface area contributed by atoms with Crippen molar-refractivity contribution in [3.05, 3.63) is 17.5 Å². The van der Waals surface area contributed by atoms with Crippen LogP contribution in [0.2, 0.25) is 0 Å². The Morgan fingerprint density at radius 3 is 2.94 bits per heavy atom. The molecule has 1 aromatic heterocycles. The molecule has 0 unspecified atom stereocenters. The molecule has 0 radical (unpaired) electrons. The summed E-state index contributed by atoms with van der Waals surface area (Å²) in [7, 11) is 0. The van der Waals surface area contributed by atoms with Crippen LogP contribution in [-0.4, -0.2) is 40.4 Å².